The summed E-state index contributed by atoms with van der Waals surface area (Å²) in [7, 11) is 2.07. The average molecular weight is 419 g/mol. The molecule has 158 valence electrons. The molecule has 1 fully saturated rings. The van der Waals surface area contributed by atoms with E-state index < -0.39 is 0 Å². The summed E-state index contributed by atoms with van der Waals surface area (Å²) in [4.78, 5) is 16.6. The van der Waals surface area contributed by atoms with Crippen LogP contribution in [0.5, 0.6) is 0 Å². The number of carbonyl (C=O) groups excluding carboxylic acids is 1. The van der Waals surface area contributed by atoms with Crippen molar-refractivity contribution in [1.29, 1.82) is 0 Å². The molecule has 1 aliphatic rings. The molecule has 1 saturated heterocycles. The lowest BCUT2D eigenvalue weighted by molar-refractivity contribution is -0.118. The van der Waals surface area contributed by atoms with Gasteiger partial charge in [0.2, 0.25) is 11.9 Å². The molecule has 2 aromatic rings. The van der Waals surface area contributed by atoms with Crippen LogP contribution < -0.4 is 15.1 Å². The predicted molar refractivity (Wildman–Crippen MR) is 117 cm³/mol. The van der Waals surface area contributed by atoms with Crippen LogP contribution in [0.2, 0.25) is 0 Å². The molecule has 1 amide bonds. The van der Waals surface area contributed by atoms with Gasteiger partial charge in [-0.2, -0.15) is 0 Å². The van der Waals surface area contributed by atoms with Gasteiger partial charge in [0.1, 0.15) is 0 Å². The van der Waals surface area contributed by atoms with Gasteiger partial charge in [0, 0.05) is 45.5 Å². The smallest absolute Gasteiger partial charge is 0.230 e. The first-order chi connectivity index (χ1) is 14.2. The Morgan fingerprint density at radius 3 is 2.72 bits per heavy atom. The fraction of sp³-hybridized carbons (Fsp3) is 0.550. The van der Waals surface area contributed by atoms with Gasteiger partial charge in [-0.05, 0) is 25.5 Å². The Kier molecular flexibility index (Phi) is 8.18. The van der Waals surface area contributed by atoms with E-state index >= 15 is 0 Å². The highest BCUT2D eigenvalue weighted by atomic mass is 32.2. The fourth-order valence-electron chi connectivity index (χ4n) is 3.20. The minimum Gasteiger partial charge on any atom is -0.378 e. The zero-order valence-electron chi connectivity index (χ0n) is 17.2. The van der Waals surface area contributed by atoms with Gasteiger partial charge in [-0.15, -0.1) is 10.2 Å². The van der Waals surface area contributed by atoms with Crippen LogP contribution >= 0.6 is 11.8 Å². The number of aromatic nitrogens is 3. The number of rotatable bonds is 10. The lowest BCUT2D eigenvalue weighted by Crippen LogP contribution is -2.38. The Morgan fingerprint density at radius 2 is 2.00 bits per heavy atom. The molecular formula is C20H30N6O2S. The molecule has 0 spiro atoms. The van der Waals surface area contributed by atoms with E-state index in [-0.39, 0.29) is 5.91 Å². The molecular weight excluding hydrogens is 388 g/mol. The van der Waals surface area contributed by atoms with Gasteiger partial charge in [0.25, 0.3) is 0 Å². The number of para-hydroxylation sites is 1. The topological polar surface area (TPSA) is 75.5 Å². The first kappa shape index (κ1) is 21.4. The molecule has 2 heterocycles. The van der Waals surface area contributed by atoms with Gasteiger partial charge in [0.15, 0.2) is 5.16 Å². The van der Waals surface area contributed by atoms with Crippen LogP contribution in [0.3, 0.4) is 0 Å². The number of nitrogens with zero attached hydrogens (tertiary/aromatic N) is 5. The van der Waals surface area contributed by atoms with Crippen molar-refractivity contribution >= 4 is 29.3 Å². The number of anilines is 2. The van der Waals surface area contributed by atoms with Crippen molar-refractivity contribution in [1.82, 2.24) is 20.1 Å². The van der Waals surface area contributed by atoms with Crippen molar-refractivity contribution in [2.45, 2.75) is 25.0 Å². The summed E-state index contributed by atoms with van der Waals surface area (Å²) in [6.45, 7) is 7.46. The minimum atomic E-state index is 0.0240. The van der Waals surface area contributed by atoms with Crippen molar-refractivity contribution in [2.75, 3.05) is 62.0 Å². The van der Waals surface area contributed by atoms with Crippen LogP contribution in [0.15, 0.2) is 35.5 Å². The van der Waals surface area contributed by atoms with E-state index in [1.54, 1.807) is 0 Å². The number of nitrogens with one attached hydrogen (secondary N) is 1. The van der Waals surface area contributed by atoms with Gasteiger partial charge in [-0.3, -0.25) is 9.36 Å². The quantitative estimate of drug-likeness (QED) is 0.466. The van der Waals surface area contributed by atoms with Crippen molar-refractivity contribution in [3.05, 3.63) is 30.3 Å². The summed E-state index contributed by atoms with van der Waals surface area (Å²) in [6.07, 6.45) is 0.897. The van der Waals surface area contributed by atoms with Crippen LogP contribution in [0.25, 0.3) is 0 Å². The number of benzene rings is 1. The number of ether oxygens (including phenoxy) is 1. The Balaban J connectivity index is 1.39. The maximum atomic E-state index is 12.2. The Labute approximate surface area is 176 Å². The largest absolute Gasteiger partial charge is 0.378 e. The normalized spacial score (nSPS) is 14.1. The number of morpholine rings is 1. The minimum absolute atomic E-state index is 0.0240. The van der Waals surface area contributed by atoms with Crippen LogP contribution in [0.1, 0.15) is 13.3 Å². The molecule has 1 aromatic heterocycles. The zero-order chi connectivity index (χ0) is 20.5. The van der Waals surface area contributed by atoms with Gasteiger partial charge < -0.3 is 19.9 Å². The van der Waals surface area contributed by atoms with Crippen molar-refractivity contribution < 1.29 is 9.53 Å². The van der Waals surface area contributed by atoms with Gasteiger partial charge >= 0.3 is 0 Å². The third kappa shape index (κ3) is 6.11. The molecule has 1 aromatic carbocycles. The van der Waals surface area contributed by atoms with Crippen molar-refractivity contribution in [2.24, 2.45) is 0 Å². The second-order valence-corrected chi connectivity index (χ2v) is 7.82. The second-order valence-electron chi connectivity index (χ2n) is 6.88. The summed E-state index contributed by atoms with van der Waals surface area (Å²) < 4.78 is 7.47. The molecule has 0 bridgehead atoms. The SMILES string of the molecule is CCn1c(SCC(=O)NCCCN(C)c2ccccc2)nnc1N1CCOCC1. The van der Waals surface area contributed by atoms with E-state index in [1.807, 2.05) is 18.2 Å². The Morgan fingerprint density at radius 1 is 1.24 bits per heavy atom. The third-order valence-electron chi connectivity index (χ3n) is 4.83. The summed E-state index contributed by atoms with van der Waals surface area (Å²) in [5.74, 6) is 1.23. The van der Waals surface area contributed by atoms with E-state index in [4.69, 9.17) is 4.74 Å². The first-order valence-electron chi connectivity index (χ1n) is 10.1. The van der Waals surface area contributed by atoms with Crippen LogP contribution in [0.4, 0.5) is 11.6 Å². The zero-order valence-corrected chi connectivity index (χ0v) is 18.0. The predicted octanol–water partition coefficient (Wildman–Crippen LogP) is 1.87. The summed E-state index contributed by atoms with van der Waals surface area (Å²) in [6, 6.07) is 10.3. The van der Waals surface area contributed by atoms with Gasteiger partial charge in [-0.1, -0.05) is 30.0 Å². The molecule has 1 N–H and O–H groups in total. The monoisotopic (exact) mass is 418 g/mol. The summed E-state index contributed by atoms with van der Waals surface area (Å²) in [5, 5.41) is 12.4. The van der Waals surface area contributed by atoms with Crippen LogP contribution in [0, 0.1) is 0 Å². The maximum Gasteiger partial charge on any atom is 0.230 e. The van der Waals surface area contributed by atoms with Crippen LogP contribution in [-0.4, -0.2) is 72.9 Å². The average Bonchev–Trinajstić information content (AvgIpc) is 3.19. The first-order valence-corrected chi connectivity index (χ1v) is 11.1. The van der Waals surface area contributed by atoms with Gasteiger partial charge in [0.05, 0.1) is 19.0 Å². The van der Waals surface area contributed by atoms with Gasteiger partial charge in [-0.25, -0.2) is 0 Å². The number of thioether (sulfide) groups is 1. The number of hydrogen-bond acceptors (Lipinski definition) is 7. The maximum absolute atomic E-state index is 12.2. The second kappa shape index (κ2) is 11.1. The molecule has 0 unspecified atom stereocenters. The van der Waals surface area contributed by atoms with E-state index in [9.17, 15) is 4.79 Å². The van der Waals surface area contributed by atoms with Crippen molar-refractivity contribution in [3.63, 3.8) is 0 Å². The molecule has 0 radical (unpaired) electrons. The standard InChI is InChI=1S/C20H30N6O2S/c1-3-26-19(25-12-14-28-15-13-25)22-23-20(26)29-16-18(27)21-10-7-11-24(2)17-8-5-4-6-9-17/h4-6,8-9H,3,7,10-16H2,1-2H3,(H,21,27). The molecule has 9 heteroatoms. The Hall–Kier alpha value is -2.26. The van der Waals surface area contributed by atoms with E-state index in [0.717, 1.165) is 43.7 Å². The molecule has 8 nitrogen and oxygen atoms in total. The van der Waals surface area contributed by atoms with E-state index in [0.29, 0.717) is 25.5 Å². The molecule has 3 rings (SSSR count). The summed E-state index contributed by atoms with van der Waals surface area (Å²) in [5.41, 5.74) is 1.18. The lowest BCUT2D eigenvalue weighted by atomic mass is 10.3. The highest BCUT2D eigenvalue weighted by Crippen LogP contribution is 2.22. The highest BCUT2D eigenvalue weighted by molar-refractivity contribution is 7.99. The lowest BCUT2D eigenvalue weighted by Gasteiger charge is -2.27. The van der Waals surface area contributed by atoms with E-state index in [1.165, 1.54) is 17.4 Å². The third-order valence-corrected chi connectivity index (χ3v) is 5.80. The number of hydrogen-bond donors (Lipinski definition) is 1. The fourth-order valence-corrected chi connectivity index (χ4v) is 4.03. The Bertz CT molecular complexity index is 764. The van der Waals surface area contributed by atoms with Crippen molar-refractivity contribution in [3.8, 4) is 0 Å². The highest BCUT2D eigenvalue weighted by Gasteiger charge is 2.20. The molecule has 29 heavy (non-hydrogen) atoms. The molecule has 0 saturated carbocycles. The molecule has 1 aliphatic heterocycles. The van der Waals surface area contributed by atoms with Crippen LogP contribution in [-0.2, 0) is 16.1 Å². The number of carbonyl (C=O) groups is 1. The molecule has 0 aliphatic carbocycles. The molecule has 0 atom stereocenters. The summed E-state index contributed by atoms with van der Waals surface area (Å²) >= 11 is 1.43. The van der Waals surface area contributed by atoms with E-state index in [2.05, 4.69) is 56.0 Å². The number of amides is 1.